The van der Waals surface area contributed by atoms with E-state index >= 15 is 0 Å². The normalized spacial score (nSPS) is 22.8. The van der Waals surface area contributed by atoms with Crippen molar-refractivity contribution in [1.29, 1.82) is 0 Å². The molecule has 0 saturated carbocycles. The molecule has 0 fully saturated rings. The Bertz CT molecular complexity index is 459. The van der Waals surface area contributed by atoms with Gasteiger partial charge in [-0.1, -0.05) is 13.0 Å². The second-order valence-electron chi connectivity index (χ2n) is 5.05. The molecule has 0 amide bonds. The van der Waals surface area contributed by atoms with Crippen LogP contribution in [0.3, 0.4) is 0 Å². The van der Waals surface area contributed by atoms with E-state index in [0.29, 0.717) is 6.61 Å². The third-order valence-corrected chi connectivity index (χ3v) is 6.78. The molecule has 1 heterocycles. The second kappa shape index (κ2) is 5.24. The quantitative estimate of drug-likeness (QED) is 0.794. The van der Waals surface area contributed by atoms with Gasteiger partial charge >= 0.3 is 8.56 Å². The van der Waals surface area contributed by atoms with Crippen LogP contribution in [0.2, 0.25) is 6.55 Å². The van der Waals surface area contributed by atoms with Gasteiger partial charge in [0.15, 0.2) is 0 Å². The van der Waals surface area contributed by atoms with E-state index in [-0.39, 0.29) is 0 Å². The first kappa shape index (κ1) is 14.5. The van der Waals surface area contributed by atoms with E-state index in [1.807, 2.05) is 25.6 Å². The van der Waals surface area contributed by atoms with Crippen LogP contribution in [0.4, 0.5) is 0 Å². The van der Waals surface area contributed by atoms with E-state index < -0.39 is 14.3 Å². The highest BCUT2D eigenvalue weighted by molar-refractivity contribution is 6.79. The molecular weight excluding hydrogens is 260 g/mol. The summed E-state index contributed by atoms with van der Waals surface area (Å²) in [4.78, 5) is 0. The van der Waals surface area contributed by atoms with Gasteiger partial charge in [-0.15, -0.1) is 0 Å². The summed E-state index contributed by atoms with van der Waals surface area (Å²) in [6.07, 6.45) is 0.816. The molecule has 0 aliphatic carbocycles. The molecule has 1 aliphatic rings. The van der Waals surface area contributed by atoms with Crippen molar-refractivity contribution in [2.24, 2.45) is 0 Å². The number of fused-ring (bicyclic) bond motifs is 1. The zero-order chi connectivity index (χ0) is 14.1. The summed E-state index contributed by atoms with van der Waals surface area (Å²) >= 11 is 0. The van der Waals surface area contributed by atoms with Gasteiger partial charge in [0.2, 0.25) is 5.79 Å². The molecule has 5 heteroatoms. The van der Waals surface area contributed by atoms with Gasteiger partial charge in [0.05, 0.1) is 6.61 Å². The Morgan fingerprint density at radius 1 is 1.32 bits per heavy atom. The summed E-state index contributed by atoms with van der Waals surface area (Å²) in [6, 6.07) is 6.09. The molecule has 0 spiro atoms. The fourth-order valence-electron chi connectivity index (χ4n) is 2.06. The molecule has 0 radical (unpaired) electrons. The van der Waals surface area contributed by atoms with E-state index in [1.165, 1.54) is 0 Å². The smallest absolute Gasteiger partial charge is 0.368 e. The zero-order valence-corrected chi connectivity index (χ0v) is 13.3. The Hall–Kier alpha value is -0.883. The summed E-state index contributed by atoms with van der Waals surface area (Å²) in [5.74, 6) is 0.375. The van der Waals surface area contributed by atoms with Crippen molar-refractivity contribution in [2.75, 3.05) is 14.2 Å². The summed E-state index contributed by atoms with van der Waals surface area (Å²) in [5.41, 5.74) is 1.05. The second-order valence-corrected chi connectivity index (χ2v) is 8.34. The SMILES string of the molecule is CCC1(C)OCc2cc([Si](C)(OC)OC)ccc2O1. The lowest BCUT2D eigenvalue weighted by atomic mass is 10.1. The van der Waals surface area contributed by atoms with Gasteiger partial charge < -0.3 is 18.3 Å². The lowest BCUT2D eigenvalue weighted by molar-refractivity contribution is -0.194. The maximum Gasteiger partial charge on any atom is 0.368 e. The van der Waals surface area contributed by atoms with Gasteiger partial charge in [0.25, 0.3) is 0 Å². The molecule has 0 saturated heterocycles. The third-order valence-electron chi connectivity index (χ3n) is 3.86. The predicted molar refractivity (Wildman–Crippen MR) is 75.8 cm³/mol. The van der Waals surface area contributed by atoms with Crippen molar-refractivity contribution in [3.8, 4) is 5.75 Å². The van der Waals surface area contributed by atoms with Crippen LogP contribution in [0.5, 0.6) is 5.75 Å². The molecule has 0 N–H and O–H groups in total. The van der Waals surface area contributed by atoms with Crippen LogP contribution in [0.25, 0.3) is 0 Å². The van der Waals surface area contributed by atoms with Crippen LogP contribution in [-0.4, -0.2) is 28.6 Å². The Morgan fingerprint density at radius 3 is 2.58 bits per heavy atom. The summed E-state index contributed by atoms with van der Waals surface area (Å²) < 4.78 is 22.8. The fraction of sp³-hybridized carbons (Fsp3) is 0.571. The molecular formula is C14H22O4Si. The minimum absolute atomic E-state index is 0.516. The average Bonchev–Trinajstić information content (AvgIpc) is 2.46. The van der Waals surface area contributed by atoms with E-state index in [0.717, 1.165) is 22.9 Å². The van der Waals surface area contributed by atoms with Crippen molar-refractivity contribution >= 4 is 13.7 Å². The van der Waals surface area contributed by atoms with Crippen molar-refractivity contribution in [1.82, 2.24) is 0 Å². The number of benzene rings is 1. The molecule has 1 atom stereocenters. The summed E-state index contributed by atoms with van der Waals surface area (Å²) in [6.45, 7) is 6.60. The molecule has 1 aromatic carbocycles. The highest BCUT2D eigenvalue weighted by atomic mass is 28.4. The zero-order valence-electron chi connectivity index (χ0n) is 12.3. The lowest BCUT2D eigenvalue weighted by Gasteiger charge is -2.35. The standard InChI is InChI=1S/C14H22O4Si/c1-6-14(2)17-10-11-9-12(7-8-13(11)18-14)19(5,15-3)16-4/h7-9H,6,10H2,1-5H3. The topological polar surface area (TPSA) is 36.9 Å². The van der Waals surface area contributed by atoms with Crippen LogP contribution < -0.4 is 9.92 Å². The van der Waals surface area contributed by atoms with Crippen molar-refractivity contribution in [3.63, 3.8) is 0 Å². The Kier molecular flexibility index (Phi) is 4.01. The van der Waals surface area contributed by atoms with Gasteiger partial charge in [-0.25, -0.2) is 0 Å². The fourth-order valence-corrected chi connectivity index (χ4v) is 3.52. The van der Waals surface area contributed by atoms with E-state index in [4.69, 9.17) is 18.3 Å². The largest absolute Gasteiger partial charge is 0.462 e. The first-order valence-corrected chi connectivity index (χ1v) is 8.84. The molecule has 1 aromatic rings. The van der Waals surface area contributed by atoms with Gasteiger partial charge in [0, 0.05) is 33.1 Å². The molecule has 4 nitrogen and oxygen atoms in total. The summed E-state index contributed by atoms with van der Waals surface area (Å²) in [7, 11) is 1.09. The third kappa shape index (κ3) is 2.69. The maximum atomic E-state index is 5.92. The number of ether oxygens (including phenoxy) is 2. The highest BCUT2D eigenvalue weighted by Crippen LogP contribution is 2.32. The van der Waals surface area contributed by atoms with Gasteiger partial charge in [-0.05, 0) is 23.9 Å². The van der Waals surface area contributed by atoms with Crippen LogP contribution in [-0.2, 0) is 20.2 Å². The Morgan fingerprint density at radius 2 is 2.00 bits per heavy atom. The van der Waals surface area contributed by atoms with Crippen LogP contribution in [0, 0.1) is 0 Å². The predicted octanol–water partition coefficient (Wildman–Crippen LogP) is 2.29. The molecule has 106 valence electrons. The van der Waals surface area contributed by atoms with Gasteiger partial charge in [0.1, 0.15) is 5.75 Å². The molecule has 1 aliphatic heterocycles. The monoisotopic (exact) mass is 282 g/mol. The van der Waals surface area contributed by atoms with Gasteiger partial charge in [-0.2, -0.15) is 0 Å². The van der Waals surface area contributed by atoms with Crippen molar-refractivity contribution in [2.45, 2.75) is 39.2 Å². The first-order valence-electron chi connectivity index (χ1n) is 6.53. The van der Waals surface area contributed by atoms with E-state index in [9.17, 15) is 0 Å². The summed E-state index contributed by atoms with van der Waals surface area (Å²) in [5, 5.41) is 1.09. The van der Waals surface area contributed by atoms with E-state index in [1.54, 1.807) is 14.2 Å². The van der Waals surface area contributed by atoms with Crippen LogP contribution in [0.1, 0.15) is 25.8 Å². The molecule has 0 aromatic heterocycles. The molecule has 0 bridgehead atoms. The highest BCUT2D eigenvalue weighted by Gasteiger charge is 2.35. The Labute approximate surface area is 115 Å². The number of hydrogen-bond acceptors (Lipinski definition) is 4. The van der Waals surface area contributed by atoms with Crippen molar-refractivity contribution < 1.29 is 18.3 Å². The number of hydrogen-bond donors (Lipinski definition) is 0. The molecule has 1 unspecified atom stereocenters. The van der Waals surface area contributed by atoms with Crippen LogP contribution >= 0.6 is 0 Å². The molecule has 2 rings (SSSR count). The lowest BCUT2D eigenvalue weighted by Crippen LogP contribution is -2.49. The van der Waals surface area contributed by atoms with Crippen molar-refractivity contribution in [3.05, 3.63) is 23.8 Å². The maximum absolute atomic E-state index is 5.92. The van der Waals surface area contributed by atoms with Gasteiger partial charge in [-0.3, -0.25) is 0 Å². The minimum atomic E-state index is -2.29. The molecule has 19 heavy (non-hydrogen) atoms. The first-order chi connectivity index (χ1) is 8.96. The van der Waals surface area contributed by atoms with E-state index in [2.05, 4.69) is 13.0 Å². The average molecular weight is 282 g/mol. The minimum Gasteiger partial charge on any atom is -0.462 e. The Balaban J connectivity index is 2.32. The number of rotatable bonds is 4. The van der Waals surface area contributed by atoms with Crippen LogP contribution in [0.15, 0.2) is 18.2 Å².